The maximum Gasteiger partial charge on any atom is 0.162 e. The van der Waals surface area contributed by atoms with E-state index in [1.807, 2.05) is 18.2 Å². The van der Waals surface area contributed by atoms with Gasteiger partial charge in [-0.25, -0.2) is 5.26 Å². The van der Waals surface area contributed by atoms with Crippen LogP contribution in [-0.2, 0) is 15.8 Å². The molecule has 0 amide bonds. The van der Waals surface area contributed by atoms with Gasteiger partial charge in [0.25, 0.3) is 0 Å². The first kappa shape index (κ1) is 23.3. The van der Waals surface area contributed by atoms with Crippen LogP contribution < -0.4 is 9.47 Å². The average Bonchev–Trinajstić information content (AvgIpc) is 2.65. The fourth-order valence-corrected chi connectivity index (χ4v) is 4.08. The van der Waals surface area contributed by atoms with Crippen molar-refractivity contribution in [3.63, 3.8) is 0 Å². The first-order chi connectivity index (χ1) is 13.4. The van der Waals surface area contributed by atoms with Gasteiger partial charge in [0.1, 0.15) is 17.1 Å². The molecule has 1 aliphatic rings. The van der Waals surface area contributed by atoms with Crippen LogP contribution in [0.5, 0.6) is 11.5 Å². The molecule has 5 nitrogen and oxygen atoms in total. The van der Waals surface area contributed by atoms with E-state index in [1.54, 1.807) is 0 Å². The third-order valence-corrected chi connectivity index (χ3v) is 5.92. The van der Waals surface area contributed by atoms with Gasteiger partial charge in [-0.05, 0) is 68.2 Å². The fraction of sp³-hybridized carbons (Fsp3) is 0.727. The standard InChI is InChI=1S/C22H36O5S/c1-17(2)7-5-8-18(3)9-6-13-22(4)14-12-19-15-20(10-11-21(19)25-22)24-16-28-27-26-23/h10-11,15,17-18,23H,5-9,12-14,16H2,1-4H3. The van der Waals surface area contributed by atoms with E-state index in [-0.39, 0.29) is 11.5 Å². The van der Waals surface area contributed by atoms with Gasteiger partial charge < -0.3 is 9.47 Å². The lowest BCUT2D eigenvalue weighted by Gasteiger charge is -2.36. The summed E-state index contributed by atoms with van der Waals surface area (Å²) >= 11 is 0.877. The van der Waals surface area contributed by atoms with Crippen molar-refractivity contribution in [2.45, 2.75) is 84.7 Å². The quantitative estimate of drug-likeness (QED) is 0.126. The van der Waals surface area contributed by atoms with Gasteiger partial charge in [-0.15, -0.1) is 4.33 Å². The summed E-state index contributed by atoms with van der Waals surface area (Å²) in [6, 6.07) is 5.92. The molecule has 0 spiro atoms. The zero-order valence-corrected chi connectivity index (χ0v) is 18.6. The summed E-state index contributed by atoms with van der Waals surface area (Å²) in [6.45, 7) is 9.24. The molecule has 2 unspecified atom stereocenters. The molecule has 0 radical (unpaired) electrons. The minimum absolute atomic E-state index is 0.0742. The van der Waals surface area contributed by atoms with Crippen molar-refractivity contribution in [1.29, 1.82) is 0 Å². The Kier molecular flexibility index (Phi) is 9.92. The predicted molar refractivity (Wildman–Crippen MR) is 113 cm³/mol. The second-order valence-electron chi connectivity index (χ2n) is 8.67. The van der Waals surface area contributed by atoms with Crippen LogP contribution in [0.2, 0.25) is 0 Å². The van der Waals surface area contributed by atoms with Crippen LogP contribution in [0.1, 0.15) is 78.2 Å². The molecule has 6 heteroatoms. The molecule has 160 valence electrons. The Morgan fingerprint density at radius 2 is 1.96 bits per heavy atom. The first-order valence-electron chi connectivity index (χ1n) is 10.5. The highest BCUT2D eigenvalue weighted by atomic mass is 32.2. The summed E-state index contributed by atoms with van der Waals surface area (Å²) in [7, 11) is 0. The lowest BCUT2D eigenvalue weighted by atomic mass is 9.86. The van der Waals surface area contributed by atoms with E-state index in [2.05, 4.69) is 37.1 Å². The van der Waals surface area contributed by atoms with Crippen molar-refractivity contribution in [3.05, 3.63) is 23.8 Å². The summed E-state index contributed by atoms with van der Waals surface area (Å²) in [5, 5.41) is 11.6. The van der Waals surface area contributed by atoms with Gasteiger partial charge in [0.2, 0.25) is 0 Å². The van der Waals surface area contributed by atoms with Gasteiger partial charge in [0.15, 0.2) is 5.94 Å². The lowest BCUT2D eigenvalue weighted by Crippen LogP contribution is -2.36. The van der Waals surface area contributed by atoms with E-state index in [0.717, 1.165) is 54.6 Å². The molecule has 1 N–H and O–H groups in total. The van der Waals surface area contributed by atoms with Gasteiger partial charge in [-0.1, -0.05) is 51.5 Å². The maximum atomic E-state index is 8.11. The fourth-order valence-electron chi connectivity index (χ4n) is 3.81. The smallest absolute Gasteiger partial charge is 0.162 e. The van der Waals surface area contributed by atoms with Crippen LogP contribution in [0, 0.1) is 11.8 Å². The van der Waals surface area contributed by atoms with Gasteiger partial charge in [0, 0.05) is 0 Å². The molecule has 0 aromatic heterocycles. The average molecular weight is 413 g/mol. The van der Waals surface area contributed by atoms with Crippen molar-refractivity contribution in [1.82, 2.24) is 0 Å². The predicted octanol–water partition coefficient (Wildman–Crippen LogP) is 6.81. The van der Waals surface area contributed by atoms with E-state index in [9.17, 15) is 0 Å². The highest BCUT2D eigenvalue weighted by molar-refractivity contribution is 7.94. The van der Waals surface area contributed by atoms with Crippen LogP contribution in [-0.4, -0.2) is 16.8 Å². The number of aryl methyl sites for hydroxylation is 1. The molecule has 1 aliphatic heterocycles. The summed E-state index contributed by atoms with van der Waals surface area (Å²) in [5.74, 6) is 3.57. The summed E-state index contributed by atoms with van der Waals surface area (Å²) in [6.07, 6.45) is 9.67. The molecule has 1 aromatic carbocycles. The number of hydrogen-bond donors (Lipinski definition) is 1. The van der Waals surface area contributed by atoms with E-state index in [4.69, 9.17) is 14.7 Å². The Hall–Kier alpha value is -0.950. The Labute approximate surface area is 174 Å². The molecule has 28 heavy (non-hydrogen) atoms. The second-order valence-corrected chi connectivity index (χ2v) is 9.27. The molecule has 0 aliphatic carbocycles. The summed E-state index contributed by atoms with van der Waals surface area (Å²) < 4.78 is 16.2. The van der Waals surface area contributed by atoms with Gasteiger partial charge in [0.05, 0.1) is 12.0 Å². The zero-order chi connectivity index (χ0) is 20.4. The SMILES string of the molecule is CC(C)CCCC(C)CCCC1(C)CCc2cc(OCSOOO)ccc2O1. The normalized spacial score (nSPS) is 19.9. The van der Waals surface area contributed by atoms with Crippen LogP contribution in [0.15, 0.2) is 18.2 Å². The van der Waals surface area contributed by atoms with Crippen molar-refractivity contribution in [3.8, 4) is 11.5 Å². The van der Waals surface area contributed by atoms with E-state index in [1.165, 1.54) is 37.7 Å². The van der Waals surface area contributed by atoms with Gasteiger partial charge >= 0.3 is 0 Å². The Bertz CT molecular complexity index is 580. The largest absolute Gasteiger partial charge is 0.487 e. The van der Waals surface area contributed by atoms with Crippen LogP contribution in [0.4, 0.5) is 0 Å². The number of hydrogen-bond acceptors (Lipinski definition) is 6. The summed E-state index contributed by atoms with van der Waals surface area (Å²) in [5.41, 5.74) is 1.11. The van der Waals surface area contributed by atoms with E-state index < -0.39 is 0 Å². The van der Waals surface area contributed by atoms with E-state index >= 15 is 0 Å². The van der Waals surface area contributed by atoms with Crippen molar-refractivity contribution in [2.75, 3.05) is 5.94 Å². The first-order valence-corrected chi connectivity index (χ1v) is 11.4. The van der Waals surface area contributed by atoms with Crippen molar-refractivity contribution < 1.29 is 24.1 Å². The molecule has 0 saturated carbocycles. The van der Waals surface area contributed by atoms with Crippen LogP contribution in [0.25, 0.3) is 0 Å². The second kappa shape index (κ2) is 11.9. The molecular weight excluding hydrogens is 376 g/mol. The highest BCUT2D eigenvalue weighted by Gasteiger charge is 2.31. The Morgan fingerprint density at radius 1 is 1.18 bits per heavy atom. The number of rotatable bonds is 13. The number of ether oxygens (including phenoxy) is 2. The molecule has 2 atom stereocenters. The molecule has 0 fully saturated rings. The summed E-state index contributed by atoms with van der Waals surface area (Å²) in [4.78, 5) is 0. The van der Waals surface area contributed by atoms with Crippen LogP contribution in [0.3, 0.4) is 0 Å². The van der Waals surface area contributed by atoms with E-state index in [0.29, 0.717) is 0 Å². The third-order valence-electron chi connectivity index (χ3n) is 5.54. The van der Waals surface area contributed by atoms with Gasteiger partial charge in [-0.3, -0.25) is 0 Å². The third kappa shape index (κ3) is 8.19. The monoisotopic (exact) mass is 412 g/mol. The molecular formula is C22H36O5S. The van der Waals surface area contributed by atoms with Crippen molar-refractivity contribution >= 4 is 12.0 Å². The topological polar surface area (TPSA) is 57.2 Å². The van der Waals surface area contributed by atoms with Crippen molar-refractivity contribution in [2.24, 2.45) is 11.8 Å². The van der Waals surface area contributed by atoms with Crippen LogP contribution >= 0.6 is 12.0 Å². The molecule has 1 aromatic rings. The zero-order valence-electron chi connectivity index (χ0n) is 17.7. The molecule has 0 bridgehead atoms. The highest BCUT2D eigenvalue weighted by Crippen LogP contribution is 2.38. The maximum absolute atomic E-state index is 8.11. The Morgan fingerprint density at radius 3 is 2.71 bits per heavy atom. The molecule has 2 rings (SSSR count). The number of fused-ring (bicyclic) bond motifs is 1. The number of benzene rings is 1. The Balaban J connectivity index is 1.75. The minimum atomic E-state index is -0.0742. The van der Waals surface area contributed by atoms with Gasteiger partial charge in [-0.2, -0.15) is 0 Å². The minimum Gasteiger partial charge on any atom is -0.487 e. The lowest BCUT2D eigenvalue weighted by molar-refractivity contribution is -0.432. The molecule has 0 saturated heterocycles. The molecule has 1 heterocycles.